The van der Waals surface area contributed by atoms with Gasteiger partial charge in [0, 0.05) is 60.9 Å². The van der Waals surface area contributed by atoms with Crippen LogP contribution >= 0.6 is 0 Å². The number of likely N-dealkylation sites (N-methyl/N-ethyl adjacent to an activating group) is 1. The van der Waals surface area contributed by atoms with Gasteiger partial charge in [-0.1, -0.05) is 19.4 Å². The van der Waals surface area contributed by atoms with Crippen molar-refractivity contribution in [3.05, 3.63) is 60.4 Å². The summed E-state index contributed by atoms with van der Waals surface area (Å²) in [7, 11) is 2.17. The van der Waals surface area contributed by atoms with Gasteiger partial charge in [0.15, 0.2) is 5.65 Å². The number of rotatable bonds is 9. The molecule has 1 aliphatic rings. The quantitative estimate of drug-likeness (QED) is 0.339. The minimum atomic E-state index is -0.943. The molecule has 9 heteroatoms. The molecule has 0 unspecified atom stereocenters. The number of nitrogens with one attached hydrogen (secondary N) is 1. The molecule has 3 aromatic heterocycles. The minimum Gasteiger partial charge on any atom is -0.475 e. The van der Waals surface area contributed by atoms with Crippen LogP contribution in [0.1, 0.15) is 32.9 Å². The molecule has 9 nitrogen and oxygen atoms in total. The topological polar surface area (TPSA) is 91.6 Å². The highest BCUT2D eigenvalue weighted by molar-refractivity contribution is 5.80. The van der Waals surface area contributed by atoms with E-state index in [-0.39, 0.29) is 6.61 Å². The molecule has 0 spiro atoms. The van der Waals surface area contributed by atoms with Gasteiger partial charge < -0.3 is 25.0 Å². The third kappa shape index (κ3) is 6.06. The Morgan fingerprint density at radius 3 is 2.50 bits per heavy atom. The molecule has 2 N–H and O–H groups in total. The number of hydrogen-bond acceptors (Lipinski definition) is 8. The van der Waals surface area contributed by atoms with Gasteiger partial charge in [0.25, 0.3) is 0 Å². The molecule has 200 valence electrons. The second kappa shape index (κ2) is 11.0. The summed E-state index contributed by atoms with van der Waals surface area (Å²) in [6.45, 7) is 9.97. The first-order valence-corrected chi connectivity index (χ1v) is 13.3. The largest absolute Gasteiger partial charge is 0.475 e. The van der Waals surface area contributed by atoms with Gasteiger partial charge in [-0.25, -0.2) is 4.98 Å². The molecule has 1 fully saturated rings. The molecule has 1 aromatic carbocycles. The van der Waals surface area contributed by atoms with Crippen LogP contribution in [-0.2, 0) is 6.42 Å². The lowest BCUT2D eigenvalue weighted by atomic mass is 10.2. The number of benzene rings is 1. The molecule has 0 atom stereocenters. The Morgan fingerprint density at radius 1 is 1.03 bits per heavy atom. The normalized spacial score (nSPS) is 14.7. The lowest BCUT2D eigenvalue weighted by Gasteiger charge is -2.34. The predicted octanol–water partition coefficient (Wildman–Crippen LogP) is 4.41. The van der Waals surface area contributed by atoms with Crippen molar-refractivity contribution in [1.29, 1.82) is 0 Å². The minimum absolute atomic E-state index is 0.154. The number of aliphatic hydroxyl groups is 1. The molecule has 5 rings (SSSR count). The fraction of sp³-hybridized carbons (Fsp3) is 0.414. The van der Waals surface area contributed by atoms with Crippen LogP contribution in [0.25, 0.3) is 16.9 Å². The fourth-order valence-corrected chi connectivity index (χ4v) is 4.61. The maximum Gasteiger partial charge on any atom is 0.229 e. The number of fused-ring (bicyclic) bond motifs is 1. The standard InChI is InChI=1S/C29H37N7O2/c1-5-7-24-18-21-19-30-28(31-22-10-12-23(13-11-22)35-16-14-34(4)15-17-35)33-27(21)36(24)25-8-6-9-26(32-25)38-20-29(2,3)37/h6,8-13,18-19,37H,5,7,14-17,20H2,1-4H3,(H,30,31,33). The number of pyridine rings is 1. The van der Waals surface area contributed by atoms with Gasteiger partial charge in [-0.05, 0) is 63.7 Å². The Kier molecular flexibility index (Phi) is 7.49. The Bertz CT molecular complexity index is 1370. The summed E-state index contributed by atoms with van der Waals surface area (Å²) in [5, 5.41) is 14.4. The lowest BCUT2D eigenvalue weighted by Crippen LogP contribution is -2.44. The molecule has 0 bridgehead atoms. The van der Waals surface area contributed by atoms with Crippen molar-refractivity contribution >= 4 is 28.4 Å². The van der Waals surface area contributed by atoms with Gasteiger partial charge in [-0.2, -0.15) is 9.97 Å². The first-order valence-electron chi connectivity index (χ1n) is 13.3. The zero-order chi connectivity index (χ0) is 26.7. The van der Waals surface area contributed by atoms with Crippen LogP contribution in [0.5, 0.6) is 5.88 Å². The van der Waals surface area contributed by atoms with Gasteiger partial charge in [0.05, 0.1) is 5.60 Å². The summed E-state index contributed by atoms with van der Waals surface area (Å²) in [6, 6.07) is 16.2. The smallest absolute Gasteiger partial charge is 0.229 e. The van der Waals surface area contributed by atoms with E-state index in [2.05, 4.69) is 69.0 Å². The highest BCUT2D eigenvalue weighted by Crippen LogP contribution is 2.26. The number of hydrogen-bond donors (Lipinski definition) is 2. The molecule has 0 aliphatic carbocycles. The van der Waals surface area contributed by atoms with E-state index in [1.54, 1.807) is 19.9 Å². The number of piperazine rings is 1. The summed E-state index contributed by atoms with van der Waals surface area (Å²) in [5.74, 6) is 1.71. The molecule has 1 saturated heterocycles. The highest BCUT2D eigenvalue weighted by atomic mass is 16.5. The van der Waals surface area contributed by atoms with E-state index in [0.29, 0.717) is 11.8 Å². The van der Waals surface area contributed by atoms with Crippen LogP contribution in [0.2, 0.25) is 0 Å². The van der Waals surface area contributed by atoms with Crippen LogP contribution in [0, 0.1) is 0 Å². The number of nitrogens with zero attached hydrogens (tertiary/aromatic N) is 6. The predicted molar refractivity (Wildman–Crippen MR) is 152 cm³/mol. The second-order valence-corrected chi connectivity index (χ2v) is 10.6. The third-order valence-corrected chi connectivity index (χ3v) is 6.63. The van der Waals surface area contributed by atoms with Gasteiger partial charge >= 0.3 is 0 Å². The van der Waals surface area contributed by atoms with Crippen LogP contribution in [-0.4, -0.2) is 75.0 Å². The maximum atomic E-state index is 10.0. The van der Waals surface area contributed by atoms with Crippen molar-refractivity contribution in [2.24, 2.45) is 0 Å². The van der Waals surface area contributed by atoms with E-state index < -0.39 is 5.60 Å². The molecule has 4 aromatic rings. The molecule has 38 heavy (non-hydrogen) atoms. The number of anilines is 3. The van der Waals surface area contributed by atoms with E-state index in [4.69, 9.17) is 14.7 Å². The Balaban J connectivity index is 1.41. The van der Waals surface area contributed by atoms with E-state index in [0.717, 1.165) is 67.3 Å². The molecular weight excluding hydrogens is 478 g/mol. The molecule has 0 radical (unpaired) electrons. The van der Waals surface area contributed by atoms with E-state index in [1.165, 1.54) is 5.69 Å². The van der Waals surface area contributed by atoms with Crippen molar-refractivity contribution in [3.63, 3.8) is 0 Å². The van der Waals surface area contributed by atoms with E-state index >= 15 is 0 Å². The van der Waals surface area contributed by atoms with Crippen molar-refractivity contribution < 1.29 is 9.84 Å². The fourth-order valence-electron chi connectivity index (χ4n) is 4.61. The summed E-state index contributed by atoms with van der Waals surface area (Å²) >= 11 is 0. The number of ether oxygens (including phenoxy) is 1. The third-order valence-electron chi connectivity index (χ3n) is 6.63. The summed E-state index contributed by atoms with van der Waals surface area (Å²) in [6.07, 6.45) is 3.72. The van der Waals surface area contributed by atoms with Crippen LogP contribution in [0.15, 0.2) is 54.7 Å². The van der Waals surface area contributed by atoms with E-state index in [9.17, 15) is 5.11 Å². The zero-order valence-corrected chi connectivity index (χ0v) is 22.7. The Hall–Kier alpha value is -3.69. The molecular formula is C29H37N7O2. The van der Waals surface area contributed by atoms with Gasteiger partial charge in [-0.3, -0.25) is 4.57 Å². The van der Waals surface area contributed by atoms with Crippen LogP contribution in [0.4, 0.5) is 17.3 Å². The van der Waals surface area contributed by atoms with Gasteiger partial charge in [0.1, 0.15) is 12.4 Å². The van der Waals surface area contributed by atoms with Crippen molar-refractivity contribution in [2.75, 3.05) is 50.1 Å². The van der Waals surface area contributed by atoms with Crippen molar-refractivity contribution in [3.8, 4) is 11.7 Å². The van der Waals surface area contributed by atoms with Crippen LogP contribution in [0.3, 0.4) is 0 Å². The summed E-state index contributed by atoms with van der Waals surface area (Å²) < 4.78 is 7.83. The average Bonchev–Trinajstić information content (AvgIpc) is 3.26. The van der Waals surface area contributed by atoms with Crippen molar-refractivity contribution in [2.45, 2.75) is 39.2 Å². The molecule has 1 aliphatic heterocycles. The Morgan fingerprint density at radius 2 is 1.79 bits per heavy atom. The first-order chi connectivity index (χ1) is 18.3. The monoisotopic (exact) mass is 515 g/mol. The highest BCUT2D eigenvalue weighted by Gasteiger charge is 2.17. The first kappa shape index (κ1) is 25.9. The van der Waals surface area contributed by atoms with Crippen molar-refractivity contribution in [1.82, 2.24) is 24.4 Å². The number of aromatic nitrogens is 4. The summed E-state index contributed by atoms with van der Waals surface area (Å²) in [4.78, 5) is 19.0. The second-order valence-electron chi connectivity index (χ2n) is 10.6. The molecule has 0 saturated carbocycles. The summed E-state index contributed by atoms with van der Waals surface area (Å²) in [5.41, 5.74) is 3.12. The lowest BCUT2D eigenvalue weighted by molar-refractivity contribution is 0.0268. The van der Waals surface area contributed by atoms with E-state index in [1.807, 2.05) is 18.3 Å². The molecule has 0 amide bonds. The zero-order valence-electron chi connectivity index (χ0n) is 22.7. The number of aryl methyl sites for hydroxylation is 1. The van der Waals surface area contributed by atoms with Gasteiger partial charge in [0.2, 0.25) is 11.8 Å². The van der Waals surface area contributed by atoms with Crippen LogP contribution < -0.4 is 15.0 Å². The van der Waals surface area contributed by atoms with Gasteiger partial charge in [-0.15, -0.1) is 0 Å². The SMILES string of the molecule is CCCc1cc2cnc(Nc3ccc(N4CCN(C)CC4)cc3)nc2n1-c1cccc(OCC(C)(C)O)n1. The maximum absolute atomic E-state index is 10.0. The molecule has 4 heterocycles. The average molecular weight is 516 g/mol. The Labute approximate surface area is 224 Å².